The van der Waals surface area contributed by atoms with Gasteiger partial charge in [0.25, 0.3) is 0 Å². The van der Waals surface area contributed by atoms with Crippen molar-refractivity contribution in [2.24, 2.45) is 5.73 Å². The number of unbranched alkanes of at least 4 members (excludes halogenated alkanes) is 1. The van der Waals surface area contributed by atoms with Gasteiger partial charge >= 0.3 is 0 Å². The third-order valence-corrected chi connectivity index (χ3v) is 5.36. The van der Waals surface area contributed by atoms with Gasteiger partial charge in [0.2, 0.25) is 0 Å². The molecule has 0 bridgehead atoms. The number of hydrogen-bond donors (Lipinski definition) is 1. The molecule has 0 saturated carbocycles. The second-order valence-electron chi connectivity index (χ2n) is 7.24. The van der Waals surface area contributed by atoms with Crippen LogP contribution in [0.1, 0.15) is 60.3 Å². The first-order chi connectivity index (χ1) is 12.6. The number of nitrogens with two attached hydrogens (primary N) is 1. The highest BCUT2D eigenvalue weighted by Crippen LogP contribution is 2.43. The Hall–Kier alpha value is -1.85. The topological polar surface area (TPSA) is 55.0 Å². The average molecular weight is 356 g/mol. The van der Waals surface area contributed by atoms with E-state index >= 15 is 0 Å². The molecule has 0 aromatic carbocycles. The Morgan fingerprint density at radius 3 is 2.00 bits per heavy atom. The first kappa shape index (κ1) is 18.9. The van der Waals surface area contributed by atoms with Crippen molar-refractivity contribution in [3.8, 4) is 0 Å². The molecule has 1 unspecified atom stereocenters. The van der Waals surface area contributed by atoms with Crippen molar-refractivity contribution in [3.05, 3.63) is 59.2 Å². The van der Waals surface area contributed by atoms with Crippen LogP contribution in [-0.4, -0.2) is 34.1 Å². The Kier molecular flexibility index (Phi) is 6.33. The van der Waals surface area contributed by atoms with Crippen LogP contribution in [-0.2, 0) is 0 Å². The number of halogens is 1. The fourth-order valence-electron chi connectivity index (χ4n) is 4.05. The van der Waals surface area contributed by atoms with Gasteiger partial charge in [-0.25, -0.2) is 4.39 Å². The standard InChI is InChI=1S/C21H29FN4/c1-15-7-5-10-24-20(15)18-13-17(22)14-19(26(18)12-4-3-9-23)21-16(2)8-6-11-25-21/h5-8,10-11,17-19H,3-4,9,12-14,23H2,1-2H3/t17?,18-,19+. The number of nitrogens with zero attached hydrogens (tertiary/aromatic N) is 3. The smallest absolute Gasteiger partial charge is 0.104 e. The molecule has 3 heterocycles. The summed E-state index contributed by atoms with van der Waals surface area (Å²) in [6, 6.07) is 7.95. The first-order valence-electron chi connectivity index (χ1n) is 9.54. The summed E-state index contributed by atoms with van der Waals surface area (Å²) in [5.41, 5.74) is 9.91. The van der Waals surface area contributed by atoms with Crippen molar-refractivity contribution in [1.82, 2.24) is 14.9 Å². The second kappa shape index (κ2) is 8.69. The van der Waals surface area contributed by atoms with Gasteiger partial charge < -0.3 is 5.73 Å². The van der Waals surface area contributed by atoms with Crippen LogP contribution in [0.25, 0.3) is 0 Å². The van der Waals surface area contributed by atoms with E-state index in [1.54, 1.807) is 0 Å². The molecule has 4 nitrogen and oxygen atoms in total. The predicted octanol–water partition coefficient (Wildman–Crippen LogP) is 4.05. The minimum absolute atomic E-state index is 0.0240. The third kappa shape index (κ3) is 4.10. The Bertz CT molecular complexity index is 665. The molecule has 2 aromatic heterocycles. The average Bonchev–Trinajstić information content (AvgIpc) is 2.63. The fourth-order valence-corrected chi connectivity index (χ4v) is 4.05. The zero-order valence-corrected chi connectivity index (χ0v) is 15.7. The third-order valence-electron chi connectivity index (χ3n) is 5.36. The van der Waals surface area contributed by atoms with Gasteiger partial charge in [0.05, 0.1) is 23.5 Å². The number of aromatic nitrogens is 2. The number of piperidine rings is 1. The lowest BCUT2D eigenvalue weighted by atomic mass is 9.87. The monoisotopic (exact) mass is 356 g/mol. The fraction of sp³-hybridized carbons (Fsp3) is 0.524. The highest BCUT2D eigenvalue weighted by molar-refractivity contribution is 5.26. The van der Waals surface area contributed by atoms with E-state index in [-0.39, 0.29) is 12.1 Å². The molecule has 0 radical (unpaired) electrons. The normalized spacial score (nSPS) is 23.9. The van der Waals surface area contributed by atoms with E-state index < -0.39 is 6.17 Å². The second-order valence-corrected chi connectivity index (χ2v) is 7.24. The number of aryl methyl sites for hydroxylation is 2. The van der Waals surface area contributed by atoms with Gasteiger partial charge in [-0.3, -0.25) is 14.9 Å². The van der Waals surface area contributed by atoms with Crippen molar-refractivity contribution in [1.29, 1.82) is 0 Å². The molecule has 0 spiro atoms. The van der Waals surface area contributed by atoms with Crippen LogP contribution in [0.15, 0.2) is 36.7 Å². The summed E-state index contributed by atoms with van der Waals surface area (Å²) >= 11 is 0. The van der Waals surface area contributed by atoms with E-state index in [0.29, 0.717) is 19.4 Å². The summed E-state index contributed by atoms with van der Waals surface area (Å²) in [5, 5.41) is 0. The van der Waals surface area contributed by atoms with Gasteiger partial charge in [0.1, 0.15) is 6.17 Å². The SMILES string of the molecule is Cc1cccnc1[C@H]1CC(F)C[C@@H](c2ncccc2C)N1CCCCN. The number of rotatable bonds is 6. The van der Waals surface area contributed by atoms with Crippen LogP contribution in [0.5, 0.6) is 0 Å². The minimum atomic E-state index is -0.849. The van der Waals surface area contributed by atoms with E-state index in [0.717, 1.165) is 41.9 Å². The Labute approximate surface area is 155 Å². The molecule has 1 saturated heterocycles. The van der Waals surface area contributed by atoms with Crippen LogP contribution < -0.4 is 5.73 Å². The van der Waals surface area contributed by atoms with Crippen molar-refractivity contribution in [3.63, 3.8) is 0 Å². The molecule has 0 amide bonds. The molecular formula is C21H29FN4. The zero-order valence-electron chi connectivity index (χ0n) is 15.7. The van der Waals surface area contributed by atoms with Gasteiger partial charge in [-0.2, -0.15) is 0 Å². The highest BCUT2D eigenvalue weighted by atomic mass is 19.1. The summed E-state index contributed by atoms with van der Waals surface area (Å²) in [5.74, 6) is 0. The van der Waals surface area contributed by atoms with E-state index in [9.17, 15) is 4.39 Å². The first-order valence-corrected chi connectivity index (χ1v) is 9.54. The minimum Gasteiger partial charge on any atom is -0.330 e. The highest BCUT2D eigenvalue weighted by Gasteiger charge is 2.39. The number of pyridine rings is 2. The predicted molar refractivity (Wildman–Crippen MR) is 103 cm³/mol. The molecule has 1 fully saturated rings. The zero-order chi connectivity index (χ0) is 18.5. The number of likely N-dealkylation sites (tertiary alicyclic amines) is 1. The number of alkyl halides is 1. The summed E-state index contributed by atoms with van der Waals surface area (Å²) in [6.07, 6.45) is 5.71. The van der Waals surface area contributed by atoms with Crippen LogP contribution in [0.2, 0.25) is 0 Å². The summed E-state index contributed by atoms with van der Waals surface area (Å²) in [7, 11) is 0. The lowest BCUT2D eigenvalue weighted by Crippen LogP contribution is -2.42. The molecule has 5 heteroatoms. The van der Waals surface area contributed by atoms with Gasteiger partial charge in [-0.1, -0.05) is 12.1 Å². The van der Waals surface area contributed by atoms with Gasteiger partial charge in [0.15, 0.2) is 0 Å². The van der Waals surface area contributed by atoms with E-state index in [1.807, 2.05) is 24.5 Å². The molecule has 1 aliphatic rings. The van der Waals surface area contributed by atoms with Gasteiger partial charge in [0, 0.05) is 12.4 Å². The van der Waals surface area contributed by atoms with Crippen molar-refractivity contribution >= 4 is 0 Å². The van der Waals surface area contributed by atoms with E-state index in [2.05, 4.69) is 40.8 Å². The maximum absolute atomic E-state index is 14.8. The molecule has 2 N–H and O–H groups in total. The molecule has 26 heavy (non-hydrogen) atoms. The molecule has 2 aromatic rings. The molecule has 1 aliphatic heterocycles. The van der Waals surface area contributed by atoms with E-state index in [4.69, 9.17) is 5.73 Å². The molecule has 140 valence electrons. The summed E-state index contributed by atoms with van der Waals surface area (Å²) < 4.78 is 14.8. The maximum Gasteiger partial charge on any atom is 0.104 e. The summed E-state index contributed by atoms with van der Waals surface area (Å²) in [6.45, 7) is 5.68. The van der Waals surface area contributed by atoms with Crippen LogP contribution >= 0.6 is 0 Å². The van der Waals surface area contributed by atoms with Crippen LogP contribution in [0.3, 0.4) is 0 Å². The Morgan fingerprint density at radius 1 is 1.00 bits per heavy atom. The molecule has 0 aliphatic carbocycles. The molecule has 3 rings (SSSR count). The van der Waals surface area contributed by atoms with Crippen LogP contribution in [0.4, 0.5) is 4.39 Å². The largest absolute Gasteiger partial charge is 0.330 e. The summed E-state index contributed by atoms with van der Waals surface area (Å²) in [4.78, 5) is 11.6. The maximum atomic E-state index is 14.8. The molecule has 3 atom stereocenters. The quantitative estimate of drug-likeness (QED) is 0.794. The molecular weight excluding hydrogens is 327 g/mol. The Balaban J connectivity index is 1.98. The Morgan fingerprint density at radius 2 is 1.54 bits per heavy atom. The van der Waals surface area contributed by atoms with E-state index in [1.165, 1.54) is 0 Å². The van der Waals surface area contributed by atoms with Crippen LogP contribution in [0, 0.1) is 13.8 Å². The van der Waals surface area contributed by atoms with Gasteiger partial charge in [-0.15, -0.1) is 0 Å². The van der Waals surface area contributed by atoms with Crippen molar-refractivity contribution in [2.45, 2.75) is 57.8 Å². The van der Waals surface area contributed by atoms with Crippen molar-refractivity contribution < 1.29 is 4.39 Å². The van der Waals surface area contributed by atoms with Crippen molar-refractivity contribution in [2.75, 3.05) is 13.1 Å². The number of hydrogen-bond acceptors (Lipinski definition) is 4. The lowest BCUT2D eigenvalue weighted by molar-refractivity contribution is 0.0291. The lowest BCUT2D eigenvalue weighted by Gasteiger charge is -2.43. The van der Waals surface area contributed by atoms with Gasteiger partial charge in [-0.05, 0) is 75.9 Å².